The molecule has 0 amide bonds. The first-order chi connectivity index (χ1) is 8.30. The maximum absolute atomic E-state index is 14.2. The molecular formula is C13H17F4N. The van der Waals surface area contributed by atoms with Crippen LogP contribution in [0.4, 0.5) is 17.6 Å². The Labute approximate surface area is 104 Å². The highest BCUT2D eigenvalue weighted by Gasteiger charge is 2.32. The number of hydrogen-bond donors (Lipinski definition) is 1. The van der Waals surface area contributed by atoms with Gasteiger partial charge >= 0.3 is 6.18 Å². The minimum Gasteiger partial charge on any atom is -0.328 e. The Balaban J connectivity index is 2.91. The second-order valence-corrected chi connectivity index (χ2v) is 4.48. The van der Waals surface area contributed by atoms with E-state index >= 15 is 0 Å². The summed E-state index contributed by atoms with van der Waals surface area (Å²) in [5.41, 5.74) is 3.31. The predicted molar refractivity (Wildman–Crippen MR) is 62.9 cm³/mol. The van der Waals surface area contributed by atoms with Crippen molar-refractivity contribution in [1.29, 1.82) is 0 Å². The molecule has 0 aliphatic heterocycles. The van der Waals surface area contributed by atoms with Gasteiger partial charge in [0.2, 0.25) is 0 Å². The second kappa shape index (κ2) is 5.69. The van der Waals surface area contributed by atoms with E-state index in [0.29, 0.717) is 12.0 Å². The Morgan fingerprint density at radius 3 is 2.33 bits per heavy atom. The number of halogens is 4. The fourth-order valence-corrected chi connectivity index (χ4v) is 1.93. The van der Waals surface area contributed by atoms with Gasteiger partial charge < -0.3 is 5.73 Å². The van der Waals surface area contributed by atoms with Crippen LogP contribution in [-0.4, -0.2) is 12.2 Å². The van der Waals surface area contributed by atoms with Gasteiger partial charge in [0.15, 0.2) is 0 Å². The van der Waals surface area contributed by atoms with Crippen LogP contribution in [0.1, 0.15) is 30.9 Å². The lowest BCUT2D eigenvalue weighted by Crippen LogP contribution is -2.35. The standard InChI is InChI=1S/C13H17F4N/c1-2-6-12(14,9-18)8-10-4-3-5-11(7-10)13(15,16)17/h3-5,7H,2,6,8-9,18H2,1H3. The van der Waals surface area contributed by atoms with Gasteiger partial charge in [-0.05, 0) is 18.1 Å². The molecule has 1 atom stereocenters. The van der Waals surface area contributed by atoms with Crippen LogP contribution in [-0.2, 0) is 12.6 Å². The first-order valence-electron chi connectivity index (χ1n) is 5.86. The van der Waals surface area contributed by atoms with Gasteiger partial charge in [-0.1, -0.05) is 31.5 Å². The van der Waals surface area contributed by atoms with Crippen molar-refractivity contribution in [3.8, 4) is 0 Å². The van der Waals surface area contributed by atoms with Crippen molar-refractivity contribution in [1.82, 2.24) is 0 Å². The highest BCUT2D eigenvalue weighted by molar-refractivity contribution is 5.27. The molecule has 0 saturated carbocycles. The summed E-state index contributed by atoms with van der Waals surface area (Å²) >= 11 is 0. The molecule has 18 heavy (non-hydrogen) atoms. The summed E-state index contributed by atoms with van der Waals surface area (Å²) in [5, 5.41) is 0. The molecular weight excluding hydrogens is 246 g/mol. The van der Waals surface area contributed by atoms with Crippen molar-refractivity contribution >= 4 is 0 Å². The van der Waals surface area contributed by atoms with E-state index in [2.05, 4.69) is 0 Å². The van der Waals surface area contributed by atoms with Crippen molar-refractivity contribution < 1.29 is 17.6 Å². The average molecular weight is 263 g/mol. The van der Waals surface area contributed by atoms with Crippen molar-refractivity contribution in [2.24, 2.45) is 5.73 Å². The van der Waals surface area contributed by atoms with Gasteiger partial charge in [0, 0.05) is 13.0 Å². The summed E-state index contributed by atoms with van der Waals surface area (Å²) in [6.07, 6.45) is -3.63. The summed E-state index contributed by atoms with van der Waals surface area (Å²) < 4.78 is 51.8. The molecule has 1 rings (SSSR count). The van der Waals surface area contributed by atoms with Gasteiger partial charge in [0.1, 0.15) is 5.67 Å². The number of nitrogens with two attached hydrogens (primary N) is 1. The summed E-state index contributed by atoms with van der Waals surface area (Å²) in [4.78, 5) is 0. The third kappa shape index (κ3) is 3.98. The van der Waals surface area contributed by atoms with Crippen LogP contribution >= 0.6 is 0 Å². The van der Waals surface area contributed by atoms with E-state index < -0.39 is 17.4 Å². The highest BCUT2D eigenvalue weighted by atomic mass is 19.4. The molecule has 0 aromatic heterocycles. The van der Waals surface area contributed by atoms with Crippen LogP contribution in [0.3, 0.4) is 0 Å². The van der Waals surface area contributed by atoms with Gasteiger partial charge in [0.25, 0.3) is 0 Å². The Bertz CT molecular complexity index is 389. The molecule has 0 fully saturated rings. The molecule has 2 N–H and O–H groups in total. The topological polar surface area (TPSA) is 26.0 Å². The third-order valence-electron chi connectivity index (χ3n) is 2.84. The van der Waals surface area contributed by atoms with Gasteiger partial charge in [0.05, 0.1) is 5.56 Å². The molecule has 1 unspecified atom stereocenters. The van der Waals surface area contributed by atoms with Crippen molar-refractivity contribution in [2.45, 2.75) is 38.0 Å². The monoisotopic (exact) mass is 263 g/mol. The van der Waals surface area contributed by atoms with Crippen LogP contribution in [0.15, 0.2) is 24.3 Å². The SMILES string of the molecule is CCCC(F)(CN)Cc1cccc(C(F)(F)F)c1. The van der Waals surface area contributed by atoms with E-state index in [0.717, 1.165) is 12.1 Å². The summed E-state index contributed by atoms with van der Waals surface area (Å²) in [5.74, 6) is 0. The Morgan fingerprint density at radius 1 is 1.17 bits per heavy atom. The van der Waals surface area contributed by atoms with Crippen LogP contribution in [0.5, 0.6) is 0 Å². The third-order valence-corrected chi connectivity index (χ3v) is 2.84. The quantitative estimate of drug-likeness (QED) is 0.805. The normalized spacial score (nSPS) is 15.4. The summed E-state index contributed by atoms with van der Waals surface area (Å²) in [7, 11) is 0. The van der Waals surface area contributed by atoms with Crippen LogP contribution in [0, 0.1) is 0 Å². The van der Waals surface area contributed by atoms with Crippen LogP contribution in [0.25, 0.3) is 0 Å². The number of alkyl halides is 4. The van der Waals surface area contributed by atoms with Crippen molar-refractivity contribution in [2.75, 3.05) is 6.54 Å². The lowest BCUT2D eigenvalue weighted by atomic mass is 9.91. The summed E-state index contributed by atoms with van der Waals surface area (Å²) in [6.45, 7) is 1.63. The number of benzene rings is 1. The Kier molecular flexibility index (Phi) is 4.73. The fraction of sp³-hybridized carbons (Fsp3) is 0.538. The lowest BCUT2D eigenvalue weighted by Gasteiger charge is -2.23. The molecule has 0 aliphatic carbocycles. The Hall–Kier alpha value is -1.10. The smallest absolute Gasteiger partial charge is 0.328 e. The zero-order valence-corrected chi connectivity index (χ0v) is 10.2. The maximum atomic E-state index is 14.2. The molecule has 1 aromatic carbocycles. The molecule has 0 spiro atoms. The van der Waals surface area contributed by atoms with E-state index in [1.165, 1.54) is 12.1 Å². The zero-order chi connectivity index (χ0) is 13.8. The molecule has 0 heterocycles. The van der Waals surface area contributed by atoms with E-state index in [1.54, 1.807) is 0 Å². The van der Waals surface area contributed by atoms with Gasteiger partial charge in [-0.2, -0.15) is 13.2 Å². The largest absolute Gasteiger partial charge is 0.416 e. The Morgan fingerprint density at radius 2 is 1.83 bits per heavy atom. The lowest BCUT2D eigenvalue weighted by molar-refractivity contribution is -0.137. The van der Waals surface area contributed by atoms with Gasteiger partial charge in [-0.3, -0.25) is 0 Å². The fourth-order valence-electron chi connectivity index (χ4n) is 1.93. The average Bonchev–Trinajstić information content (AvgIpc) is 2.28. The summed E-state index contributed by atoms with van der Waals surface area (Å²) in [6, 6.07) is 4.75. The second-order valence-electron chi connectivity index (χ2n) is 4.48. The molecule has 1 nitrogen and oxygen atoms in total. The molecule has 0 aliphatic rings. The zero-order valence-electron chi connectivity index (χ0n) is 10.2. The number of hydrogen-bond acceptors (Lipinski definition) is 1. The van der Waals surface area contributed by atoms with E-state index in [9.17, 15) is 17.6 Å². The van der Waals surface area contributed by atoms with E-state index in [1.807, 2.05) is 6.92 Å². The highest BCUT2D eigenvalue weighted by Crippen LogP contribution is 2.31. The van der Waals surface area contributed by atoms with Crippen molar-refractivity contribution in [3.05, 3.63) is 35.4 Å². The maximum Gasteiger partial charge on any atom is 0.416 e. The first-order valence-corrected chi connectivity index (χ1v) is 5.86. The minimum atomic E-state index is -4.40. The molecule has 1 aromatic rings. The number of rotatable bonds is 5. The molecule has 0 radical (unpaired) electrons. The van der Waals surface area contributed by atoms with Crippen molar-refractivity contribution in [3.63, 3.8) is 0 Å². The van der Waals surface area contributed by atoms with Crippen LogP contribution < -0.4 is 5.73 Å². The molecule has 102 valence electrons. The van der Waals surface area contributed by atoms with Crippen LogP contribution in [0.2, 0.25) is 0 Å². The first kappa shape index (κ1) is 15.0. The van der Waals surface area contributed by atoms with E-state index in [4.69, 9.17) is 5.73 Å². The molecule has 0 bridgehead atoms. The predicted octanol–water partition coefficient (Wildman–Crippen LogP) is 3.72. The van der Waals surface area contributed by atoms with Gasteiger partial charge in [-0.25, -0.2) is 4.39 Å². The minimum absolute atomic E-state index is 0.0821. The molecule has 0 saturated heterocycles. The van der Waals surface area contributed by atoms with Gasteiger partial charge in [-0.15, -0.1) is 0 Å². The van der Waals surface area contributed by atoms with E-state index in [-0.39, 0.29) is 19.4 Å². The molecule has 5 heteroatoms.